The summed E-state index contributed by atoms with van der Waals surface area (Å²) < 4.78 is 10.1. The molecule has 1 unspecified atom stereocenters. The molecule has 122 valence electrons. The molecule has 0 radical (unpaired) electrons. The minimum Gasteiger partial charge on any atom is -0.482 e. The average Bonchev–Trinajstić information content (AvgIpc) is 2.46. The highest BCUT2D eigenvalue weighted by molar-refractivity contribution is 6.31. The molecular formula is C16H22ClNO4. The molecule has 0 bridgehead atoms. The van der Waals surface area contributed by atoms with E-state index in [4.69, 9.17) is 21.1 Å². The molecule has 1 aromatic carbocycles. The van der Waals surface area contributed by atoms with Crippen LogP contribution in [0.5, 0.6) is 5.75 Å². The number of carbonyl (C=O) groups is 2. The Morgan fingerprint density at radius 2 is 1.91 bits per heavy atom. The van der Waals surface area contributed by atoms with Gasteiger partial charge >= 0.3 is 5.97 Å². The number of halogens is 1. The first-order valence-electron chi connectivity index (χ1n) is 7.13. The molecule has 0 aromatic heterocycles. The van der Waals surface area contributed by atoms with Crippen LogP contribution in [0.2, 0.25) is 5.02 Å². The monoisotopic (exact) mass is 327 g/mol. The van der Waals surface area contributed by atoms with Gasteiger partial charge in [-0.1, -0.05) is 25.4 Å². The van der Waals surface area contributed by atoms with Crippen molar-refractivity contribution in [2.75, 3.05) is 13.2 Å². The van der Waals surface area contributed by atoms with E-state index >= 15 is 0 Å². The molecule has 0 aliphatic carbocycles. The maximum absolute atomic E-state index is 11.6. The number of nitrogens with one attached hydrogen (secondary N) is 1. The lowest BCUT2D eigenvalue weighted by Crippen LogP contribution is -2.39. The first kappa shape index (κ1) is 18.3. The van der Waals surface area contributed by atoms with Gasteiger partial charge in [0.05, 0.1) is 0 Å². The van der Waals surface area contributed by atoms with Gasteiger partial charge in [-0.25, -0.2) is 4.79 Å². The van der Waals surface area contributed by atoms with Crippen LogP contribution in [-0.4, -0.2) is 31.1 Å². The number of carbonyl (C=O) groups excluding carboxylic acids is 2. The third-order valence-corrected chi connectivity index (χ3v) is 3.66. The molecule has 1 amide bonds. The highest BCUT2D eigenvalue weighted by atomic mass is 35.5. The quantitative estimate of drug-likeness (QED) is 0.782. The predicted octanol–water partition coefficient (Wildman–Crippen LogP) is 2.73. The van der Waals surface area contributed by atoms with Gasteiger partial charge in [0.1, 0.15) is 5.75 Å². The van der Waals surface area contributed by atoms with Crippen LogP contribution in [0, 0.1) is 12.8 Å². The normalized spacial score (nSPS) is 11.9. The van der Waals surface area contributed by atoms with Crippen LogP contribution in [-0.2, 0) is 14.3 Å². The van der Waals surface area contributed by atoms with Gasteiger partial charge in [-0.05, 0) is 43.5 Å². The standard InChI is InChI=1S/C16H22ClNO4/c1-10(2)12(4)18-15(19)8-22-16(20)9-21-13-5-6-14(17)11(3)7-13/h5-7,10,12H,8-9H2,1-4H3,(H,18,19). The van der Waals surface area contributed by atoms with Crippen molar-refractivity contribution >= 4 is 23.5 Å². The highest BCUT2D eigenvalue weighted by Gasteiger charge is 2.13. The SMILES string of the molecule is Cc1cc(OCC(=O)OCC(=O)NC(C)C(C)C)ccc1Cl. The minimum absolute atomic E-state index is 0.0273. The highest BCUT2D eigenvalue weighted by Crippen LogP contribution is 2.20. The summed E-state index contributed by atoms with van der Waals surface area (Å²) in [6.07, 6.45) is 0. The van der Waals surface area contributed by atoms with Gasteiger partial charge in [0.15, 0.2) is 13.2 Å². The van der Waals surface area contributed by atoms with Crippen LogP contribution >= 0.6 is 11.6 Å². The largest absolute Gasteiger partial charge is 0.482 e. The van der Waals surface area contributed by atoms with E-state index in [-0.39, 0.29) is 25.2 Å². The fourth-order valence-corrected chi connectivity index (χ4v) is 1.62. The Balaban J connectivity index is 2.31. The molecule has 0 saturated heterocycles. The van der Waals surface area contributed by atoms with E-state index in [2.05, 4.69) is 5.32 Å². The molecule has 0 aliphatic rings. The van der Waals surface area contributed by atoms with Gasteiger partial charge < -0.3 is 14.8 Å². The van der Waals surface area contributed by atoms with Gasteiger partial charge in [0, 0.05) is 11.1 Å². The maximum Gasteiger partial charge on any atom is 0.344 e. The molecule has 0 spiro atoms. The second-order valence-electron chi connectivity index (χ2n) is 5.46. The van der Waals surface area contributed by atoms with Gasteiger partial charge in [-0.3, -0.25) is 4.79 Å². The van der Waals surface area contributed by atoms with Crippen molar-refractivity contribution < 1.29 is 19.1 Å². The number of rotatable bonds is 7. The van der Waals surface area contributed by atoms with E-state index in [0.29, 0.717) is 16.7 Å². The van der Waals surface area contributed by atoms with Gasteiger partial charge in [0.25, 0.3) is 5.91 Å². The van der Waals surface area contributed by atoms with Crippen molar-refractivity contribution in [3.63, 3.8) is 0 Å². The van der Waals surface area contributed by atoms with E-state index in [9.17, 15) is 9.59 Å². The zero-order valence-electron chi connectivity index (χ0n) is 13.3. The summed E-state index contributed by atoms with van der Waals surface area (Å²) in [6, 6.07) is 5.12. The maximum atomic E-state index is 11.6. The first-order chi connectivity index (χ1) is 10.3. The van der Waals surface area contributed by atoms with Crippen LogP contribution in [0.15, 0.2) is 18.2 Å². The van der Waals surface area contributed by atoms with Crippen molar-refractivity contribution in [1.82, 2.24) is 5.32 Å². The predicted molar refractivity (Wildman–Crippen MR) is 85.1 cm³/mol. The van der Waals surface area contributed by atoms with Crippen LogP contribution < -0.4 is 10.1 Å². The Morgan fingerprint density at radius 1 is 1.23 bits per heavy atom. The lowest BCUT2D eigenvalue weighted by Gasteiger charge is -2.17. The molecule has 1 atom stereocenters. The third kappa shape index (κ3) is 6.35. The Labute approximate surface area is 135 Å². The van der Waals surface area contributed by atoms with Crippen LogP contribution in [0.3, 0.4) is 0 Å². The number of hydrogen-bond donors (Lipinski definition) is 1. The molecule has 0 heterocycles. The van der Waals surface area contributed by atoms with Crippen molar-refractivity contribution in [1.29, 1.82) is 0 Å². The third-order valence-electron chi connectivity index (χ3n) is 3.24. The zero-order valence-corrected chi connectivity index (χ0v) is 14.1. The molecule has 6 heteroatoms. The summed E-state index contributed by atoms with van der Waals surface area (Å²) in [4.78, 5) is 23.1. The van der Waals surface area contributed by atoms with Gasteiger partial charge in [-0.15, -0.1) is 0 Å². The average molecular weight is 328 g/mol. The molecule has 0 fully saturated rings. The summed E-state index contributed by atoms with van der Waals surface area (Å²) in [5.74, 6) is -0.0790. The van der Waals surface area contributed by atoms with E-state index in [0.717, 1.165) is 5.56 Å². The Hall–Kier alpha value is -1.75. The van der Waals surface area contributed by atoms with Crippen LogP contribution in [0.1, 0.15) is 26.3 Å². The lowest BCUT2D eigenvalue weighted by molar-refractivity contribution is -0.150. The van der Waals surface area contributed by atoms with Gasteiger partial charge in [0.2, 0.25) is 0 Å². The minimum atomic E-state index is -0.597. The Kier molecular flexibility index (Phi) is 7.18. The first-order valence-corrected chi connectivity index (χ1v) is 7.51. The summed E-state index contributed by atoms with van der Waals surface area (Å²) in [5, 5.41) is 3.38. The molecule has 1 aromatic rings. The summed E-state index contributed by atoms with van der Waals surface area (Å²) in [6.45, 7) is 7.18. The summed E-state index contributed by atoms with van der Waals surface area (Å²) in [5.41, 5.74) is 0.856. The van der Waals surface area contributed by atoms with Gasteiger partial charge in [-0.2, -0.15) is 0 Å². The second kappa shape index (κ2) is 8.63. The second-order valence-corrected chi connectivity index (χ2v) is 5.87. The fraction of sp³-hybridized carbons (Fsp3) is 0.500. The topological polar surface area (TPSA) is 64.6 Å². The Morgan fingerprint density at radius 3 is 2.50 bits per heavy atom. The van der Waals surface area contributed by atoms with Crippen molar-refractivity contribution in [3.05, 3.63) is 28.8 Å². The number of benzene rings is 1. The summed E-state index contributed by atoms with van der Waals surface area (Å²) in [7, 11) is 0. The van der Waals surface area contributed by atoms with E-state index in [1.54, 1.807) is 18.2 Å². The molecule has 0 saturated carbocycles. The number of aryl methyl sites for hydroxylation is 1. The smallest absolute Gasteiger partial charge is 0.344 e. The lowest BCUT2D eigenvalue weighted by atomic mass is 10.1. The molecule has 5 nitrogen and oxygen atoms in total. The number of ether oxygens (including phenoxy) is 2. The molecule has 1 rings (SSSR count). The molecule has 0 aliphatic heterocycles. The molecule has 1 N–H and O–H groups in total. The Bertz CT molecular complexity index is 531. The number of esters is 1. The molecular weight excluding hydrogens is 306 g/mol. The van der Waals surface area contributed by atoms with E-state index in [1.165, 1.54) is 0 Å². The van der Waals surface area contributed by atoms with Crippen LogP contribution in [0.4, 0.5) is 0 Å². The van der Waals surface area contributed by atoms with E-state index in [1.807, 2.05) is 27.7 Å². The zero-order chi connectivity index (χ0) is 16.7. The van der Waals surface area contributed by atoms with Crippen molar-refractivity contribution in [2.24, 2.45) is 5.92 Å². The number of amides is 1. The molecule has 22 heavy (non-hydrogen) atoms. The van der Waals surface area contributed by atoms with Crippen molar-refractivity contribution in [3.8, 4) is 5.75 Å². The van der Waals surface area contributed by atoms with E-state index < -0.39 is 5.97 Å². The fourth-order valence-electron chi connectivity index (χ4n) is 1.50. The summed E-state index contributed by atoms with van der Waals surface area (Å²) >= 11 is 5.90. The van der Waals surface area contributed by atoms with Crippen LogP contribution in [0.25, 0.3) is 0 Å². The van der Waals surface area contributed by atoms with Crippen molar-refractivity contribution in [2.45, 2.75) is 33.7 Å². The number of hydrogen-bond acceptors (Lipinski definition) is 4.